The molecule has 0 radical (unpaired) electrons. The highest BCUT2D eigenvalue weighted by Gasteiger charge is 2.21. The number of piperazine rings is 1. The summed E-state index contributed by atoms with van der Waals surface area (Å²) >= 11 is 0. The second-order valence-corrected chi connectivity index (χ2v) is 9.40. The Morgan fingerprint density at radius 1 is 0.943 bits per heavy atom. The number of methoxy groups -OCH3 is 1. The number of anilines is 1. The van der Waals surface area contributed by atoms with E-state index in [-0.39, 0.29) is 6.04 Å². The SMILES string of the molecule is COc1cc2c(cc1OCc1ccccc1)CCNC2C=Cc1ccc(N2CCN(C)CC2)cc1. The molecule has 35 heavy (non-hydrogen) atoms. The second-order valence-electron chi connectivity index (χ2n) is 9.40. The van der Waals surface area contributed by atoms with Gasteiger partial charge in [0.05, 0.1) is 13.2 Å². The van der Waals surface area contributed by atoms with Gasteiger partial charge in [-0.1, -0.05) is 54.6 Å². The fourth-order valence-electron chi connectivity index (χ4n) is 4.84. The average Bonchev–Trinajstić information content (AvgIpc) is 2.91. The molecular weight excluding hydrogens is 434 g/mol. The first kappa shape index (κ1) is 23.5. The van der Waals surface area contributed by atoms with Crippen molar-refractivity contribution in [3.8, 4) is 11.5 Å². The van der Waals surface area contributed by atoms with Crippen molar-refractivity contribution < 1.29 is 9.47 Å². The third-order valence-corrected chi connectivity index (χ3v) is 7.00. The van der Waals surface area contributed by atoms with Crippen molar-refractivity contribution in [1.82, 2.24) is 10.2 Å². The van der Waals surface area contributed by atoms with Crippen LogP contribution in [0.1, 0.15) is 28.3 Å². The highest BCUT2D eigenvalue weighted by atomic mass is 16.5. The molecule has 0 bridgehead atoms. The normalized spacial score (nSPS) is 18.5. The van der Waals surface area contributed by atoms with E-state index in [1.807, 2.05) is 18.2 Å². The van der Waals surface area contributed by atoms with Gasteiger partial charge in [0.15, 0.2) is 11.5 Å². The van der Waals surface area contributed by atoms with E-state index in [0.717, 1.165) is 56.2 Å². The van der Waals surface area contributed by atoms with Gasteiger partial charge < -0.3 is 24.6 Å². The van der Waals surface area contributed by atoms with E-state index in [4.69, 9.17) is 9.47 Å². The highest BCUT2D eigenvalue weighted by molar-refractivity contribution is 5.58. The molecule has 5 rings (SSSR count). The summed E-state index contributed by atoms with van der Waals surface area (Å²) in [6, 6.07) is 23.6. The molecule has 1 unspecified atom stereocenters. The van der Waals surface area contributed by atoms with Gasteiger partial charge in [-0.05, 0) is 60.0 Å². The summed E-state index contributed by atoms with van der Waals surface area (Å²) in [6.07, 6.45) is 5.45. The molecule has 0 saturated carbocycles. The van der Waals surface area contributed by atoms with E-state index >= 15 is 0 Å². The van der Waals surface area contributed by atoms with E-state index in [9.17, 15) is 0 Å². The van der Waals surface area contributed by atoms with Crippen LogP contribution in [-0.4, -0.2) is 51.8 Å². The first-order valence-corrected chi connectivity index (χ1v) is 12.5. The monoisotopic (exact) mass is 469 g/mol. The summed E-state index contributed by atoms with van der Waals surface area (Å²) in [4.78, 5) is 4.85. The first-order chi connectivity index (χ1) is 17.2. The van der Waals surface area contributed by atoms with Crippen LogP contribution in [0, 0.1) is 0 Å². The molecule has 1 atom stereocenters. The zero-order chi connectivity index (χ0) is 24.0. The fourth-order valence-corrected chi connectivity index (χ4v) is 4.84. The first-order valence-electron chi connectivity index (χ1n) is 12.5. The lowest BCUT2D eigenvalue weighted by atomic mass is 9.93. The number of nitrogens with one attached hydrogen (secondary N) is 1. The third-order valence-electron chi connectivity index (χ3n) is 7.00. The number of fused-ring (bicyclic) bond motifs is 1. The molecule has 1 N–H and O–H groups in total. The number of benzene rings is 3. The van der Waals surface area contributed by atoms with Crippen LogP contribution in [0.5, 0.6) is 11.5 Å². The molecule has 182 valence electrons. The lowest BCUT2D eigenvalue weighted by Gasteiger charge is -2.34. The zero-order valence-corrected chi connectivity index (χ0v) is 20.7. The predicted octanol–water partition coefficient (Wildman–Crippen LogP) is 4.93. The molecule has 0 aromatic heterocycles. The van der Waals surface area contributed by atoms with Gasteiger partial charge in [-0.25, -0.2) is 0 Å². The Morgan fingerprint density at radius 3 is 2.46 bits per heavy atom. The lowest BCUT2D eigenvalue weighted by Crippen LogP contribution is -2.44. The maximum absolute atomic E-state index is 6.14. The molecule has 0 amide bonds. The molecule has 0 spiro atoms. The van der Waals surface area contributed by atoms with Crippen molar-refractivity contribution in [1.29, 1.82) is 0 Å². The van der Waals surface area contributed by atoms with Crippen molar-refractivity contribution in [3.63, 3.8) is 0 Å². The van der Waals surface area contributed by atoms with Crippen LogP contribution >= 0.6 is 0 Å². The summed E-state index contributed by atoms with van der Waals surface area (Å²) in [7, 11) is 3.90. The van der Waals surface area contributed by atoms with Crippen molar-refractivity contribution in [2.45, 2.75) is 19.1 Å². The predicted molar refractivity (Wildman–Crippen MR) is 143 cm³/mol. The molecule has 1 saturated heterocycles. The molecule has 2 aliphatic rings. The molecule has 3 aromatic rings. The van der Waals surface area contributed by atoms with Gasteiger partial charge in [0.2, 0.25) is 0 Å². The molecule has 5 heteroatoms. The Hall–Kier alpha value is -3.28. The Morgan fingerprint density at radius 2 is 1.71 bits per heavy atom. The number of hydrogen-bond acceptors (Lipinski definition) is 5. The number of rotatable bonds is 7. The Bertz CT molecular complexity index is 1140. The number of ether oxygens (including phenoxy) is 2. The van der Waals surface area contributed by atoms with E-state index < -0.39 is 0 Å². The van der Waals surface area contributed by atoms with Gasteiger partial charge in [0, 0.05) is 38.4 Å². The van der Waals surface area contributed by atoms with Gasteiger partial charge in [0.25, 0.3) is 0 Å². The summed E-state index contributed by atoms with van der Waals surface area (Å²) in [5, 5.41) is 3.65. The molecule has 2 heterocycles. The third kappa shape index (κ3) is 5.69. The van der Waals surface area contributed by atoms with E-state index in [2.05, 4.69) is 82.8 Å². The maximum Gasteiger partial charge on any atom is 0.161 e. The minimum atomic E-state index is 0.146. The summed E-state index contributed by atoms with van der Waals surface area (Å²) < 4.78 is 11.8. The Labute approximate surface area is 209 Å². The van der Waals surface area contributed by atoms with Crippen LogP contribution in [0.4, 0.5) is 5.69 Å². The van der Waals surface area contributed by atoms with Gasteiger partial charge in [-0.3, -0.25) is 0 Å². The average molecular weight is 470 g/mol. The number of hydrogen-bond donors (Lipinski definition) is 1. The maximum atomic E-state index is 6.14. The fraction of sp³-hybridized carbons (Fsp3) is 0.333. The van der Waals surface area contributed by atoms with Crippen LogP contribution in [0.15, 0.2) is 72.8 Å². The molecule has 0 aliphatic carbocycles. The number of nitrogens with zero attached hydrogens (tertiary/aromatic N) is 2. The van der Waals surface area contributed by atoms with Gasteiger partial charge in [-0.2, -0.15) is 0 Å². The van der Waals surface area contributed by atoms with Crippen LogP contribution in [0.3, 0.4) is 0 Å². The Balaban J connectivity index is 1.28. The quantitative estimate of drug-likeness (QED) is 0.531. The topological polar surface area (TPSA) is 37.0 Å². The smallest absolute Gasteiger partial charge is 0.161 e. The molecular formula is C30H35N3O2. The Kier molecular flexibility index (Phi) is 7.36. The molecule has 2 aliphatic heterocycles. The largest absolute Gasteiger partial charge is 0.493 e. The van der Waals surface area contributed by atoms with Gasteiger partial charge in [0.1, 0.15) is 6.61 Å². The van der Waals surface area contributed by atoms with Gasteiger partial charge in [-0.15, -0.1) is 0 Å². The standard InChI is InChI=1S/C30H35N3O2/c1-32-16-18-33(19-17-32)26-11-8-23(9-12-26)10-13-28-27-21-29(34-2)30(20-25(27)14-15-31-28)35-22-24-6-4-3-5-7-24/h3-13,20-21,28,31H,14-19,22H2,1-2H3. The molecule has 5 nitrogen and oxygen atoms in total. The van der Waals surface area contributed by atoms with Gasteiger partial charge >= 0.3 is 0 Å². The summed E-state index contributed by atoms with van der Waals surface area (Å²) in [5.41, 5.74) is 6.24. The van der Waals surface area contributed by atoms with Crippen molar-refractivity contribution in [3.05, 3.63) is 95.1 Å². The van der Waals surface area contributed by atoms with Crippen LogP contribution in [-0.2, 0) is 13.0 Å². The van der Waals surface area contributed by atoms with Crippen LogP contribution < -0.4 is 19.7 Å². The van der Waals surface area contributed by atoms with Crippen molar-refractivity contribution >= 4 is 11.8 Å². The van der Waals surface area contributed by atoms with Crippen LogP contribution in [0.2, 0.25) is 0 Å². The summed E-state index contributed by atoms with van der Waals surface area (Å²) in [6.45, 7) is 5.89. The van der Waals surface area contributed by atoms with E-state index in [1.165, 1.54) is 22.4 Å². The minimum absolute atomic E-state index is 0.146. The number of likely N-dealkylation sites (N-methyl/N-ethyl adjacent to an activating group) is 1. The van der Waals surface area contributed by atoms with Crippen molar-refractivity contribution in [2.24, 2.45) is 0 Å². The highest BCUT2D eigenvalue weighted by Crippen LogP contribution is 2.36. The summed E-state index contributed by atoms with van der Waals surface area (Å²) in [5.74, 6) is 1.58. The molecule has 3 aromatic carbocycles. The lowest BCUT2D eigenvalue weighted by molar-refractivity contribution is 0.283. The van der Waals surface area contributed by atoms with E-state index in [0.29, 0.717) is 6.61 Å². The second kappa shape index (κ2) is 11.0. The zero-order valence-electron chi connectivity index (χ0n) is 20.7. The van der Waals surface area contributed by atoms with Crippen molar-refractivity contribution in [2.75, 3.05) is 51.8 Å². The minimum Gasteiger partial charge on any atom is -0.493 e. The van der Waals surface area contributed by atoms with E-state index in [1.54, 1.807) is 7.11 Å². The molecule has 1 fully saturated rings. The van der Waals surface area contributed by atoms with Crippen LogP contribution in [0.25, 0.3) is 6.08 Å².